The predicted molar refractivity (Wildman–Crippen MR) is 130 cm³/mol. The summed E-state index contributed by atoms with van der Waals surface area (Å²) >= 11 is 7.87. The van der Waals surface area contributed by atoms with Crippen molar-refractivity contribution >= 4 is 41.3 Å². The van der Waals surface area contributed by atoms with E-state index in [2.05, 4.69) is 29.4 Å². The molecule has 0 aromatic heterocycles. The molecule has 2 amide bonds. The monoisotopic (exact) mass is 463 g/mol. The number of nitrogens with zero attached hydrogens (tertiary/aromatic N) is 1. The van der Waals surface area contributed by atoms with Gasteiger partial charge in [0.25, 0.3) is 5.91 Å². The Morgan fingerprint density at radius 2 is 2.10 bits per heavy atom. The van der Waals surface area contributed by atoms with Crippen LogP contribution in [0, 0.1) is 5.92 Å². The van der Waals surface area contributed by atoms with Crippen molar-refractivity contribution in [3.8, 4) is 0 Å². The van der Waals surface area contributed by atoms with Gasteiger partial charge in [-0.3, -0.25) is 9.59 Å². The molecule has 1 aromatic carbocycles. The zero-order chi connectivity index (χ0) is 22.2. The van der Waals surface area contributed by atoms with Crippen LogP contribution in [-0.2, 0) is 9.59 Å². The number of hydrogen-bond acceptors (Lipinski definition) is 4. The van der Waals surface area contributed by atoms with E-state index in [1.54, 1.807) is 11.8 Å². The zero-order valence-electron chi connectivity index (χ0n) is 18.5. The summed E-state index contributed by atoms with van der Waals surface area (Å²) < 4.78 is 0. The van der Waals surface area contributed by atoms with E-state index in [4.69, 9.17) is 11.6 Å². The van der Waals surface area contributed by atoms with Crippen molar-refractivity contribution in [1.29, 1.82) is 0 Å². The van der Waals surface area contributed by atoms with Crippen LogP contribution in [0.1, 0.15) is 51.5 Å². The van der Waals surface area contributed by atoms with Crippen molar-refractivity contribution < 1.29 is 9.59 Å². The molecule has 1 saturated heterocycles. The van der Waals surface area contributed by atoms with Crippen molar-refractivity contribution in [2.24, 2.45) is 5.92 Å². The lowest BCUT2D eigenvalue weighted by Crippen LogP contribution is -2.51. The molecule has 1 saturated carbocycles. The van der Waals surface area contributed by atoms with E-state index in [-0.39, 0.29) is 23.8 Å². The van der Waals surface area contributed by atoms with Crippen LogP contribution in [0.25, 0.3) is 6.08 Å². The number of halogens is 1. The molecule has 0 radical (unpaired) electrons. The first kappa shape index (κ1) is 24.1. The molecule has 1 aromatic rings. The number of benzene rings is 1. The molecule has 2 N–H and O–H groups in total. The van der Waals surface area contributed by atoms with Crippen LogP contribution in [0.5, 0.6) is 0 Å². The molecule has 1 heterocycles. The minimum atomic E-state index is -0.0668. The van der Waals surface area contributed by atoms with E-state index in [1.165, 1.54) is 0 Å². The third kappa shape index (κ3) is 6.74. The summed E-state index contributed by atoms with van der Waals surface area (Å²) in [5.74, 6) is 0.0469. The molecular formula is C24H34ClN3O2S. The van der Waals surface area contributed by atoms with Gasteiger partial charge >= 0.3 is 0 Å². The summed E-state index contributed by atoms with van der Waals surface area (Å²) in [5.41, 5.74) is 0.855. The molecule has 31 heavy (non-hydrogen) atoms. The maximum Gasteiger partial charge on any atom is 0.257 e. The van der Waals surface area contributed by atoms with Crippen LogP contribution in [-0.4, -0.2) is 54.2 Å². The Balaban J connectivity index is 1.48. The van der Waals surface area contributed by atoms with E-state index in [1.807, 2.05) is 30.3 Å². The molecule has 0 spiro atoms. The molecule has 3 atom stereocenters. The number of hydrogen-bond donors (Lipinski definition) is 2. The van der Waals surface area contributed by atoms with Crippen molar-refractivity contribution in [2.45, 2.75) is 57.2 Å². The standard InChI is InChI=1S/C24H34ClN3O2S/c1-3-13-28(4-2)14-7-12-26-23(29)18-10-11-21-20(15-18)27-24(30)22(31-21)16-17-8-5-6-9-19(17)25/h5-6,8-9,16,18,20-21H,3-4,7,10-15H2,1-2H3,(H,26,29)(H,27,30)/b22-16+. The molecule has 1 aliphatic carbocycles. The fourth-order valence-corrected chi connectivity index (χ4v) is 5.84. The van der Waals surface area contributed by atoms with Crippen LogP contribution in [0.2, 0.25) is 5.02 Å². The molecule has 2 aliphatic rings. The number of carbonyl (C=O) groups is 2. The average molecular weight is 464 g/mol. The smallest absolute Gasteiger partial charge is 0.257 e. The first-order valence-corrected chi connectivity index (χ1v) is 12.7. The van der Waals surface area contributed by atoms with Gasteiger partial charge in [-0.15, -0.1) is 11.8 Å². The lowest BCUT2D eigenvalue weighted by Gasteiger charge is -2.39. The van der Waals surface area contributed by atoms with Crippen molar-refractivity contribution in [3.63, 3.8) is 0 Å². The van der Waals surface area contributed by atoms with Gasteiger partial charge in [-0.2, -0.15) is 0 Å². The first-order valence-electron chi connectivity index (χ1n) is 11.5. The predicted octanol–water partition coefficient (Wildman–Crippen LogP) is 4.32. The number of carbonyl (C=O) groups excluding carboxylic acids is 2. The average Bonchev–Trinajstić information content (AvgIpc) is 2.77. The van der Waals surface area contributed by atoms with Gasteiger partial charge in [-0.05, 0) is 69.4 Å². The van der Waals surface area contributed by atoms with E-state index >= 15 is 0 Å². The van der Waals surface area contributed by atoms with E-state index in [9.17, 15) is 9.59 Å². The Kier molecular flexibility index (Phi) is 9.30. The highest BCUT2D eigenvalue weighted by atomic mass is 35.5. The molecule has 5 nitrogen and oxygen atoms in total. The number of nitrogens with one attached hydrogen (secondary N) is 2. The van der Waals surface area contributed by atoms with Crippen LogP contribution in [0.15, 0.2) is 29.2 Å². The molecule has 2 fully saturated rings. The molecule has 170 valence electrons. The second kappa shape index (κ2) is 11.9. The Hall–Kier alpha value is -1.50. The minimum absolute atomic E-state index is 0.0193. The third-order valence-corrected chi connectivity index (χ3v) is 7.87. The van der Waals surface area contributed by atoms with E-state index in [0.29, 0.717) is 21.6 Å². The minimum Gasteiger partial charge on any atom is -0.356 e. The van der Waals surface area contributed by atoms with Gasteiger partial charge in [-0.1, -0.05) is 43.6 Å². The Morgan fingerprint density at radius 3 is 2.84 bits per heavy atom. The lowest BCUT2D eigenvalue weighted by atomic mass is 9.84. The zero-order valence-corrected chi connectivity index (χ0v) is 20.1. The lowest BCUT2D eigenvalue weighted by molar-refractivity contribution is -0.127. The summed E-state index contributed by atoms with van der Waals surface area (Å²) in [5, 5.41) is 7.21. The number of fused-ring (bicyclic) bond motifs is 1. The Labute approximate surface area is 195 Å². The second-order valence-corrected chi connectivity index (χ2v) is 10.0. The molecule has 1 aliphatic heterocycles. The van der Waals surface area contributed by atoms with Crippen LogP contribution in [0.3, 0.4) is 0 Å². The van der Waals surface area contributed by atoms with Gasteiger partial charge in [0.15, 0.2) is 0 Å². The van der Waals surface area contributed by atoms with Gasteiger partial charge in [-0.25, -0.2) is 0 Å². The second-order valence-electron chi connectivity index (χ2n) is 8.36. The van der Waals surface area contributed by atoms with Gasteiger partial charge < -0.3 is 15.5 Å². The summed E-state index contributed by atoms with van der Waals surface area (Å²) in [6.07, 6.45) is 6.51. The van der Waals surface area contributed by atoms with Gasteiger partial charge in [0.05, 0.1) is 4.91 Å². The van der Waals surface area contributed by atoms with Crippen LogP contribution >= 0.6 is 23.4 Å². The Morgan fingerprint density at radius 1 is 1.29 bits per heavy atom. The maximum absolute atomic E-state index is 12.7. The SMILES string of the molecule is CCCN(CC)CCCNC(=O)C1CCC2S/C(=C/c3ccccc3Cl)C(=O)NC2C1. The first-order chi connectivity index (χ1) is 15.0. The van der Waals surface area contributed by atoms with Gasteiger partial charge in [0.1, 0.15) is 0 Å². The summed E-state index contributed by atoms with van der Waals surface area (Å²) in [6.45, 7) is 8.28. The summed E-state index contributed by atoms with van der Waals surface area (Å²) in [7, 11) is 0. The van der Waals surface area contributed by atoms with E-state index < -0.39 is 0 Å². The highest BCUT2D eigenvalue weighted by Gasteiger charge is 2.39. The normalized spacial score (nSPS) is 24.7. The van der Waals surface area contributed by atoms with Crippen molar-refractivity contribution in [1.82, 2.24) is 15.5 Å². The fourth-order valence-electron chi connectivity index (χ4n) is 4.37. The summed E-state index contributed by atoms with van der Waals surface area (Å²) in [6, 6.07) is 7.59. The van der Waals surface area contributed by atoms with Crippen molar-refractivity contribution in [2.75, 3.05) is 26.2 Å². The number of amides is 2. The maximum atomic E-state index is 12.7. The topological polar surface area (TPSA) is 61.4 Å². The van der Waals surface area contributed by atoms with Gasteiger partial charge in [0, 0.05) is 28.8 Å². The molecule has 3 unspecified atom stereocenters. The molecular weight excluding hydrogens is 430 g/mol. The van der Waals surface area contributed by atoms with Gasteiger partial charge in [0.2, 0.25) is 5.91 Å². The summed E-state index contributed by atoms with van der Waals surface area (Å²) in [4.78, 5) is 28.4. The highest BCUT2D eigenvalue weighted by Crippen LogP contribution is 2.40. The largest absolute Gasteiger partial charge is 0.356 e. The number of rotatable bonds is 9. The molecule has 7 heteroatoms. The third-order valence-electron chi connectivity index (χ3n) is 6.11. The van der Waals surface area contributed by atoms with Crippen molar-refractivity contribution in [3.05, 3.63) is 39.8 Å². The van der Waals surface area contributed by atoms with Crippen LogP contribution < -0.4 is 10.6 Å². The van der Waals surface area contributed by atoms with Crippen LogP contribution in [0.4, 0.5) is 0 Å². The Bertz CT molecular complexity index is 801. The molecule has 3 rings (SSSR count). The quantitative estimate of drug-likeness (QED) is 0.423. The fraction of sp³-hybridized carbons (Fsp3) is 0.583. The number of thioether (sulfide) groups is 1. The highest BCUT2D eigenvalue weighted by molar-refractivity contribution is 8.04. The molecule has 0 bridgehead atoms. The van der Waals surface area contributed by atoms with E-state index in [0.717, 1.165) is 57.4 Å².